The van der Waals surface area contributed by atoms with Gasteiger partial charge in [-0.25, -0.2) is 17.7 Å². The molecule has 0 radical (unpaired) electrons. The maximum atomic E-state index is 12.5. The number of methoxy groups -OCH3 is 1. The van der Waals surface area contributed by atoms with Gasteiger partial charge in [0.25, 0.3) is 5.91 Å². The molecule has 0 unspecified atom stereocenters. The largest absolute Gasteiger partial charge is 0.497 e. The Balaban J connectivity index is 2.16. The van der Waals surface area contributed by atoms with Crippen LogP contribution in [0.25, 0.3) is 0 Å². The molecule has 0 spiro atoms. The molecule has 0 bridgehead atoms. The van der Waals surface area contributed by atoms with Crippen molar-refractivity contribution in [2.75, 3.05) is 24.7 Å². The fourth-order valence-corrected chi connectivity index (χ4v) is 3.79. The maximum absolute atomic E-state index is 12.5. The fraction of sp³-hybridized carbons (Fsp3) is 0.375. The Morgan fingerprint density at radius 1 is 1.32 bits per heavy atom. The van der Waals surface area contributed by atoms with Gasteiger partial charge in [0, 0.05) is 7.05 Å². The van der Waals surface area contributed by atoms with E-state index >= 15 is 0 Å². The number of aryl methyl sites for hydroxylation is 1. The number of thiazole rings is 1. The summed E-state index contributed by atoms with van der Waals surface area (Å²) in [7, 11) is -0.413. The minimum atomic E-state index is -3.42. The first kappa shape index (κ1) is 19.2. The number of benzene rings is 1. The Hall–Kier alpha value is -2.13. The first-order valence-corrected chi connectivity index (χ1v) is 10.2. The van der Waals surface area contributed by atoms with Gasteiger partial charge < -0.3 is 10.1 Å². The Bertz CT molecular complexity index is 860. The molecule has 25 heavy (non-hydrogen) atoms. The topological polar surface area (TPSA) is 88.6 Å². The number of nitrogens with one attached hydrogen (secondary N) is 1. The van der Waals surface area contributed by atoms with Gasteiger partial charge >= 0.3 is 0 Å². The first-order valence-electron chi connectivity index (χ1n) is 7.49. The Morgan fingerprint density at radius 2 is 1.92 bits per heavy atom. The van der Waals surface area contributed by atoms with Gasteiger partial charge in [-0.1, -0.05) is 23.5 Å². The van der Waals surface area contributed by atoms with Crippen LogP contribution >= 0.6 is 11.3 Å². The molecule has 1 heterocycles. The normalized spacial score (nSPS) is 12.5. The van der Waals surface area contributed by atoms with Crippen molar-refractivity contribution in [1.82, 2.24) is 10.3 Å². The summed E-state index contributed by atoms with van der Waals surface area (Å²) in [4.78, 5) is 17.1. The lowest BCUT2D eigenvalue weighted by molar-refractivity contribution is 0.0943. The zero-order valence-electron chi connectivity index (χ0n) is 14.7. The minimum Gasteiger partial charge on any atom is -0.497 e. The lowest BCUT2D eigenvalue weighted by atomic mass is 10.1. The van der Waals surface area contributed by atoms with Crippen LogP contribution in [0.15, 0.2) is 24.3 Å². The van der Waals surface area contributed by atoms with E-state index in [9.17, 15) is 13.2 Å². The number of nitrogens with zero attached hydrogens (tertiary/aromatic N) is 2. The SMILES string of the molecule is COc1ccc([C@H](C)NC(=O)c2sc(N(C)S(C)(=O)=O)nc2C)cc1. The molecule has 0 saturated heterocycles. The minimum absolute atomic E-state index is 0.212. The number of anilines is 1. The molecular formula is C16H21N3O4S2. The van der Waals surface area contributed by atoms with Gasteiger partial charge in [-0.15, -0.1) is 0 Å². The monoisotopic (exact) mass is 383 g/mol. The zero-order valence-corrected chi connectivity index (χ0v) is 16.4. The van der Waals surface area contributed by atoms with E-state index in [4.69, 9.17) is 4.74 Å². The van der Waals surface area contributed by atoms with Crippen LogP contribution in [0.4, 0.5) is 5.13 Å². The third-order valence-electron chi connectivity index (χ3n) is 3.72. The summed E-state index contributed by atoms with van der Waals surface area (Å²) in [6, 6.07) is 7.21. The number of carbonyl (C=O) groups is 1. The average Bonchev–Trinajstić information content (AvgIpc) is 2.95. The molecule has 7 nitrogen and oxygen atoms in total. The summed E-state index contributed by atoms with van der Waals surface area (Å²) in [5.41, 5.74) is 1.43. The number of sulfonamides is 1. The van der Waals surface area contributed by atoms with E-state index in [0.717, 1.165) is 33.2 Å². The molecule has 0 aliphatic carbocycles. The van der Waals surface area contributed by atoms with E-state index in [1.54, 1.807) is 14.0 Å². The quantitative estimate of drug-likeness (QED) is 0.827. The van der Waals surface area contributed by atoms with Crippen molar-refractivity contribution < 1.29 is 17.9 Å². The third-order valence-corrected chi connectivity index (χ3v) is 6.24. The van der Waals surface area contributed by atoms with Crippen molar-refractivity contribution >= 4 is 32.4 Å². The second kappa shape index (κ2) is 7.40. The van der Waals surface area contributed by atoms with Gasteiger partial charge in [-0.3, -0.25) is 4.79 Å². The second-order valence-corrected chi connectivity index (χ2v) is 8.60. The Morgan fingerprint density at radius 3 is 2.44 bits per heavy atom. The first-order chi connectivity index (χ1) is 11.6. The van der Waals surface area contributed by atoms with Gasteiger partial charge in [0.15, 0.2) is 5.13 Å². The van der Waals surface area contributed by atoms with Gasteiger partial charge in [0.2, 0.25) is 10.0 Å². The number of aromatic nitrogens is 1. The molecule has 0 aliphatic rings. The molecular weight excluding hydrogens is 362 g/mol. The maximum Gasteiger partial charge on any atom is 0.263 e. The van der Waals surface area contributed by atoms with E-state index in [-0.39, 0.29) is 17.1 Å². The fourth-order valence-electron chi connectivity index (χ4n) is 2.11. The van der Waals surface area contributed by atoms with Crippen LogP contribution < -0.4 is 14.4 Å². The predicted octanol–water partition coefficient (Wildman–Crippen LogP) is 2.35. The summed E-state index contributed by atoms with van der Waals surface area (Å²) in [6.07, 6.45) is 1.09. The number of hydrogen-bond donors (Lipinski definition) is 1. The lowest BCUT2D eigenvalue weighted by Gasteiger charge is -2.14. The molecule has 0 aliphatic heterocycles. The highest BCUT2D eigenvalue weighted by Gasteiger charge is 2.22. The van der Waals surface area contributed by atoms with Crippen LogP contribution in [0.2, 0.25) is 0 Å². The van der Waals surface area contributed by atoms with Crippen molar-refractivity contribution in [2.24, 2.45) is 0 Å². The standard InChI is InChI=1S/C16H21N3O4S2/c1-10(12-6-8-13(23-4)9-7-12)17-15(20)14-11(2)18-16(24-14)19(3)25(5,21)22/h6-10H,1-5H3,(H,17,20)/t10-/m0/s1. The number of amides is 1. The smallest absolute Gasteiger partial charge is 0.263 e. The Labute approximate surface area is 151 Å². The molecule has 1 aromatic carbocycles. The third kappa shape index (κ3) is 4.49. The van der Waals surface area contributed by atoms with E-state index in [2.05, 4.69) is 10.3 Å². The van der Waals surface area contributed by atoms with Crippen LogP contribution in [-0.4, -0.2) is 39.7 Å². The molecule has 9 heteroatoms. The number of ether oxygens (including phenoxy) is 1. The molecule has 1 aromatic heterocycles. The average molecular weight is 383 g/mol. The van der Waals surface area contributed by atoms with E-state index in [0.29, 0.717) is 10.6 Å². The zero-order chi connectivity index (χ0) is 18.8. The van der Waals surface area contributed by atoms with Crippen molar-refractivity contribution in [3.8, 4) is 5.75 Å². The molecule has 136 valence electrons. The van der Waals surface area contributed by atoms with Crippen molar-refractivity contribution in [3.05, 3.63) is 40.4 Å². The summed E-state index contributed by atoms with van der Waals surface area (Å²) < 4.78 is 29.4. The lowest BCUT2D eigenvalue weighted by Crippen LogP contribution is -2.26. The van der Waals surface area contributed by atoms with Gasteiger partial charge in [-0.2, -0.15) is 0 Å². The summed E-state index contributed by atoms with van der Waals surface area (Å²) in [6.45, 7) is 3.56. The van der Waals surface area contributed by atoms with Crippen LogP contribution in [0.3, 0.4) is 0 Å². The Kier molecular flexibility index (Phi) is 5.69. The van der Waals surface area contributed by atoms with Crippen molar-refractivity contribution in [3.63, 3.8) is 0 Å². The summed E-state index contributed by atoms with van der Waals surface area (Å²) in [5, 5.41) is 3.17. The van der Waals surface area contributed by atoms with Gasteiger partial charge in [0.05, 0.1) is 25.1 Å². The van der Waals surface area contributed by atoms with Crippen molar-refractivity contribution in [1.29, 1.82) is 0 Å². The molecule has 1 amide bonds. The molecule has 1 N–H and O–H groups in total. The molecule has 2 rings (SSSR count). The van der Waals surface area contributed by atoms with Crippen LogP contribution in [0, 0.1) is 6.92 Å². The highest BCUT2D eigenvalue weighted by molar-refractivity contribution is 7.92. The number of carbonyl (C=O) groups excluding carboxylic acids is 1. The van der Waals surface area contributed by atoms with Crippen LogP contribution in [0.5, 0.6) is 5.75 Å². The van der Waals surface area contributed by atoms with Crippen LogP contribution in [0.1, 0.15) is 33.9 Å². The van der Waals surface area contributed by atoms with Crippen molar-refractivity contribution in [2.45, 2.75) is 19.9 Å². The second-order valence-electron chi connectivity index (χ2n) is 5.61. The summed E-state index contributed by atoms with van der Waals surface area (Å²) >= 11 is 1.05. The number of hydrogen-bond acceptors (Lipinski definition) is 6. The molecule has 1 atom stereocenters. The number of rotatable bonds is 6. The molecule has 0 saturated carbocycles. The van der Waals surface area contributed by atoms with Gasteiger partial charge in [-0.05, 0) is 31.5 Å². The van der Waals surface area contributed by atoms with Gasteiger partial charge in [0.1, 0.15) is 10.6 Å². The van der Waals surface area contributed by atoms with Crippen LogP contribution in [-0.2, 0) is 10.0 Å². The molecule has 0 fully saturated rings. The van der Waals surface area contributed by atoms with E-state index in [1.807, 2.05) is 31.2 Å². The highest BCUT2D eigenvalue weighted by atomic mass is 32.2. The summed E-state index contributed by atoms with van der Waals surface area (Å²) in [5.74, 6) is 0.459. The predicted molar refractivity (Wildman–Crippen MR) is 99.0 cm³/mol. The van der Waals surface area contributed by atoms with E-state index < -0.39 is 10.0 Å². The molecule has 2 aromatic rings. The van der Waals surface area contributed by atoms with E-state index in [1.165, 1.54) is 7.05 Å². The highest BCUT2D eigenvalue weighted by Crippen LogP contribution is 2.27.